The van der Waals surface area contributed by atoms with Gasteiger partial charge in [0.2, 0.25) is 0 Å². The van der Waals surface area contributed by atoms with Crippen LogP contribution in [0.25, 0.3) is 0 Å². The zero-order chi connectivity index (χ0) is 9.64. The average Bonchev–Trinajstić information content (AvgIpc) is 2.29. The van der Waals surface area contributed by atoms with E-state index in [1.165, 1.54) is 9.79 Å². The first kappa shape index (κ1) is 31.2. The van der Waals surface area contributed by atoms with Crippen LogP contribution in [0.2, 0.25) is 0 Å². The van der Waals surface area contributed by atoms with E-state index in [9.17, 15) is 0 Å². The van der Waals surface area contributed by atoms with Crippen molar-refractivity contribution >= 4 is 21.6 Å². The zero-order valence-corrected chi connectivity index (χ0v) is 11.7. The van der Waals surface area contributed by atoms with Gasteiger partial charge in [-0.1, -0.05) is 58.0 Å². The fourth-order valence-electron chi connectivity index (χ4n) is 1.05. The van der Waals surface area contributed by atoms with Gasteiger partial charge in [0.15, 0.2) is 0 Å². The molecule has 2 rings (SSSR count). The summed E-state index contributed by atoms with van der Waals surface area (Å²) in [6, 6.07) is 20.8. The van der Waals surface area contributed by atoms with Gasteiger partial charge >= 0.3 is 0 Å². The fourth-order valence-corrected chi connectivity index (χ4v) is 3.02. The lowest BCUT2D eigenvalue weighted by Crippen LogP contribution is -1.67. The molecule has 0 aliphatic carbocycles. The summed E-state index contributed by atoms with van der Waals surface area (Å²) in [5, 5.41) is 0. The summed E-state index contributed by atoms with van der Waals surface area (Å²) >= 11 is 0. The molecule has 0 nitrogen and oxygen atoms in total. The van der Waals surface area contributed by atoms with Gasteiger partial charge < -0.3 is 0 Å². The van der Waals surface area contributed by atoms with E-state index in [0.717, 1.165) is 0 Å². The van der Waals surface area contributed by atoms with Crippen molar-refractivity contribution in [2.75, 3.05) is 0 Å². The van der Waals surface area contributed by atoms with Crippen molar-refractivity contribution in [1.82, 2.24) is 0 Å². The van der Waals surface area contributed by atoms with Crippen LogP contribution < -0.4 is 0 Å². The zero-order valence-electron chi connectivity index (χ0n) is 10.0. The molecule has 0 heterocycles. The van der Waals surface area contributed by atoms with E-state index in [4.69, 9.17) is 0 Å². The van der Waals surface area contributed by atoms with Gasteiger partial charge in [0.1, 0.15) is 0 Å². The van der Waals surface area contributed by atoms with Gasteiger partial charge in [0, 0.05) is 9.79 Å². The molecule has 0 saturated carbocycles. The number of hydrogen-bond donors (Lipinski definition) is 0. The van der Waals surface area contributed by atoms with Crippen molar-refractivity contribution in [3.63, 3.8) is 0 Å². The van der Waals surface area contributed by atoms with E-state index < -0.39 is 0 Å². The van der Waals surface area contributed by atoms with Crippen molar-refractivity contribution < 1.29 is 28.2 Å². The minimum Gasteiger partial charge on any atom is -0.269 e. The Morgan fingerprint density at radius 1 is 0.400 bits per heavy atom. The summed E-state index contributed by atoms with van der Waals surface area (Å²) < 4.78 is 0. The summed E-state index contributed by atoms with van der Waals surface area (Å²) in [4.78, 5) is 2.59. The topological polar surface area (TPSA) is 0 Å². The molecule has 0 saturated heterocycles. The van der Waals surface area contributed by atoms with Crippen LogP contribution in [-0.4, -0.2) is 0 Å². The fraction of sp³-hybridized carbons (Fsp3) is 0. The summed E-state index contributed by atoms with van der Waals surface area (Å²) in [5.74, 6) is 0. The molecule has 0 radical (unpaired) electrons. The molecule has 2 aromatic carbocycles. The summed E-state index contributed by atoms with van der Waals surface area (Å²) in [6.07, 6.45) is 0. The summed E-state index contributed by atoms with van der Waals surface area (Å²) in [7, 11) is 3.58. The third kappa shape index (κ3) is 10.6. The molecule has 118 valence electrons. The van der Waals surface area contributed by atoms with Crippen LogP contribution in [0, 0.1) is 0 Å². The van der Waals surface area contributed by atoms with E-state index in [1.54, 1.807) is 21.6 Å². The van der Waals surface area contributed by atoms with Gasteiger partial charge in [0.05, 0.1) is 0 Å². The first-order valence-corrected chi connectivity index (χ1v) is 6.55. The molecule has 0 spiro atoms. The predicted octanol–water partition coefficient (Wildman–Crippen LogP) is 5.40. The standard InChI is InChI=1S/C12H10S2.6FH/c1-3-7-11(8-4-1)13-14-12-9-5-2-6-10-12;;;;;;/h1-10H;6*1H. The quantitative estimate of drug-likeness (QED) is 0.543. The number of rotatable bonds is 3. The molecule has 0 aromatic heterocycles. The number of halogens is 6. The second-order valence-corrected chi connectivity index (χ2v) is 5.07. The first-order valence-electron chi connectivity index (χ1n) is 4.40. The van der Waals surface area contributed by atoms with Crippen LogP contribution in [0.15, 0.2) is 70.5 Å². The molecule has 0 unspecified atom stereocenters. The van der Waals surface area contributed by atoms with E-state index in [-0.39, 0.29) is 28.2 Å². The van der Waals surface area contributed by atoms with Crippen LogP contribution >= 0.6 is 21.6 Å². The Balaban J connectivity index is -0.000000125. The summed E-state index contributed by atoms with van der Waals surface area (Å²) in [5.41, 5.74) is 0. The second kappa shape index (κ2) is 17.7. The maximum Gasteiger partial charge on any atom is 0.0186 e. The smallest absolute Gasteiger partial charge is 0.0186 e. The molecule has 0 N–H and O–H groups in total. The highest BCUT2D eigenvalue weighted by atomic mass is 33.1. The van der Waals surface area contributed by atoms with Crippen LogP contribution in [0.1, 0.15) is 0 Å². The maximum atomic E-state index is 2.13. The highest BCUT2D eigenvalue weighted by Gasteiger charge is 1.94. The molecule has 0 fully saturated rings. The van der Waals surface area contributed by atoms with E-state index >= 15 is 0 Å². The van der Waals surface area contributed by atoms with Gasteiger partial charge in [-0.3, -0.25) is 28.2 Å². The second-order valence-electron chi connectivity index (χ2n) is 2.79. The van der Waals surface area contributed by atoms with Crippen LogP contribution in [0.4, 0.5) is 28.2 Å². The minimum atomic E-state index is 0. The van der Waals surface area contributed by atoms with Crippen LogP contribution in [-0.2, 0) is 0 Å². The highest BCUT2D eigenvalue weighted by molar-refractivity contribution is 8.76. The van der Waals surface area contributed by atoms with Gasteiger partial charge in [-0.05, 0) is 24.3 Å². The van der Waals surface area contributed by atoms with Crippen molar-refractivity contribution in [3.8, 4) is 0 Å². The van der Waals surface area contributed by atoms with E-state index in [1.807, 2.05) is 12.1 Å². The lowest BCUT2D eigenvalue weighted by molar-refractivity contribution is 1.11. The molecule has 20 heavy (non-hydrogen) atoms. The maximum absolute atomic E-state index is 2.13. The molecule has 0 bridgehead atoms. The molecule has 0 amide bonds. The molecular weight excluding hydrogens is 322 g/mol. The Labute approximate surface area is 121 Å². The number of hydrogen-bond acceptors (Lipinski definition) is 2. The minimum absolute atomic E-state index is 0. The van der Waals surface area contributed by atoms with Gasteiger partial charge in [-0.15, -0.1) is 0 Å². The largest absolute Gasteiger partial charge is 0.269 e. The third-order valence-corrected chi connectivity index (χ3v) is 4.14. The predicted molar refractivity (Wildman–Crippen MR) is 79.6 cm³/mol. The molecule has 8 heteroatoms. The van der Waals surface area contributed by atoms with Gasteiger partial charge in [-0.2, -0.15) is 0 Å². The monoisotopic (exact) mass is 338 g/mol. The Hall–Kier alpha value is -1.28. The molecule has 2 aromatic rings. The Morgan fingerprint density at radius 3 is 0.900 bits per heavy atom. The molecular formula is C12H16F6S2. The van der Waals surface area contributed by atoms with Crippen molar-refractivity contribution in [2.45, 2.75) is 9.79 Å². The van der Waals surface area contributed by atoms with E-state index in [2.05, 4.69) is 48.5 Å². The van der Waals surface area contributed by atoms with Crippen LogP contribution in [0.5, 0.6) is 0 Å². The molecule has 0 aliphatic heterocycles. The van der Waals surface area contributed by atoms with Gasteiger partial charge in [0.25, 0.3) is 0 Å². The SMILES string of the molecule is F.F.F.F.F.F.c1ccc(SSc2ccccc2)cc1. The molecule has 0 atom stereocenters. The third-order valence-electron chi connectivity index (χ3n) is 1.72. The van der Waals surface area contributed by atoms with Crippen molar-refractivity contribution in [3.05, 3.63) is 60.7 Å². The first-order chi connectivity index (χ1) is 6.95. The Morgan fingerprint density at radius 2 is 0.650 bits per heavy atom. The number of benzene rings is 2. The van der Waals surface area contributed by atoms with Crippen LogP contribution in [0.3, 0.4) is 0 Å². The van der Waals surface area contributed by atoms with Crippen molar-refractivity contribution in [2.24, 2.45) is 0 Å². The van der Waals surface area contributed by atoms with Gasteiger partial charge in [-0.25, -0.2) is 0 Å². The summed E-state index contributed by atoms with van der Waals surface area (Å²) in [6.45, 7) is 0. The Bertz CT molecular complexity index is 348. The van der Waals surface area contributed by atoms with Crippen molar-refractivity contribution in [1.29, 1.82) is 0 Å². The Kier molecular flexibility index (Phi) is 27.7. The highest BCUT2D eigenvalue weighted by Crippen LogP contribution is 2.36. The normalized spacial score (nSPS) is 7.00. The average molecular weight is 338 g/mol. The molecule has 0 aliphatic rings. The lowest BCUT2D eigenvalue weighted by atomic mass is 10.4. The lowest BCUT2D eigenvalue weighted by Gasteiger charge is -1.99. The van der Waals surface area contributed by atoms with E-state index in [0.29, 0.717) is 0 Å².